The highest BCUT2D eigenvalue weighted by atomic mass is 35.5. The summed E-state index contributed by atoms with van der Waals surface area (Å²) in [4.78, 5) is 17.5. The number of hydrogen-bond acceptors (Lipinski definition) is 6. The smallest absolute Gasteiger partial charge is 0.382 e. The quantitative estimate of drug-likeness (QED) is 0.369. The van der Waals surface area contributed by atoms with Gasteiger partial charge in [0, 0.05) is 10.6 Å². The van der Waals surface area contributed by atoms with Gasteiger partial charge in [-0.2, -0.15) is 13.2 Å². The average Bonchev–Trinajstić information content (AvgIpc) is 3.36. The minimum absolute atomic E-state index is 0.0853. The third-order valence-electron chi connectivity index (χ3n) is 5.21. The summed E-state index contributed by atoms with van der Waals surface area (Å²) in [6.07, 6.45) is -7.71. The van der Waals surface area contributed by atoms with Crippen molar-refractivity contribution in [1.82, 2.24) is 29.1 Å². The van der Waals surface area contributed by atoms with Crippen LogP contribution in [0.25, 0.3) is 17.1 Å². The highest BCUT2D eigenvalue weighted by Gasteiger charge is 2.39. The lowest BCUT2D eigenvalue weighted by Crippen LogP contribution is -2.37. The van der Waals surface area contributed by atoms with Gasteiger partial charge in [-0.1, -0.05) is 35.3 Å². The van der Waals surface area contributed by atoms with Crippen LogP contribution in [-0.4, -0.2) is 46.5 Å². The van der Waals surface area contributed by atoms with Crippen molar-refractivity contribution in [2.24, 2.45) is 5.73 Å². The topological polar surface area (TPSA) is 117 Å². The molecule has 0 spiro atoms. The first-order valence-electron chi connectivity index (χ1n) is 10.6. The van der Waals surface area contributed by atoms with E-state index in [1.165, 1.54) is 28.9 Å². The summed E-state index contributed by atoms with van der Waals surface area (Å²) in [7, 11) is 0. The predicted molar refractivity (Wildman–Crippen MR) is 127 cm³/mol. The lowest BCUT2D eigenvalue weighted by molar-refractivity contribution is -0.207. The maximum atomic E-state index is 13.1. The summed E-state index contributed by atoms with van der Waals surface area (Å²) >= 11 is 12.2. The number of nitrogens with zero attached hydrogens (tertiary/aromatic N) is 6. The SMILES string of the molecule is CC(N)c1nc(Cn2nc(-c3ccc(Cl)cc3)n(C[C@H](O)C(F)(F)F)c2=O)nn1-c1ccccc1Cl. The Morgan fingerprint density at radius 1 is 1.08 bits per heavy atom. The molecular weight excluding hydrogens is 522 g/mol. The predicted octanol–water partition coefficient (Wildman–Crippen LogP) is 3.59. The summed E-state index contributed by atoms with van der Waals surface area (Å²) < 4.78 is 42.3. The van der Waals surface area contributed by atoms with Crippen LogP contribution in [0.5, 0.6) is 0 Å². The molecule has 9 nitrogen and oxygen atoms in total. The second-order valence-corrected chi connectivity index (χ2v) is 8.82. The summed E-state index contributed by atoms with van der Waals surface area (Å²) in [5.74, 6) is 0.405. The first-order chi connectivity index (χ1) is 17.0. The van der Waals surface area contributed by atoms with E-state index in [2.05, 4.69) is 15.2 Å². The van der Waals surface area contributed by atoms with Gasteiger partial charge in [0.25, 0.3) is 0 Å². The molecule has 0 aliphatic carbocycles. The van der Waals surface area contributed by atoms with E-state index in [9.17, 15) is 23.1 Å². The summed E-state index contributed by atoms with van der Waals surface area (Å²) in [6, 6.07) is 12.3. The molecule has 2 atom stereocenters. The van der Waals surface area contributed by atoms with Gasteiger partial charge < -0.3 is 10.8 Å². The molecule has 14 heteroatoms. The van der Waals surface area contributed by atoms with Crippen LogP contribution < -0.4 is 11.4 Å². The van der Waals surface area contributed by atoms with Crippen molar-refractivity contribution < 1.29 is 18.3 Å². The molecule has 4 aromatic rings. The standard InChI is InChI=1S/C22H20Cl2F3N7O2/c1-12(28)19-29-18(30-34(19)16-5-3-2-4-15(16)24)11-33-21(36)32(10-17(35)22(25,26)27)20(31-33)13-6-8-14(23)9-7-13/h2-9,12,17,35H,10-11,28H2,1H3/t12?,17-/m0/s1. The number of alkyl halides is 3. The Hall–Kier alpha value is -3.19. The molecule has 0 saturated heterocycles. The number of rotatable bonds is 7. The Labute approximate surface area is 212 Å². The molecule has 3 N–H and O–H groups in total. The van der Waals surface area contributed by atoms with Gasteiger partial charge in [0.1, 0.15) is 12.4 Å². The molecule has 4 rings (SSSR count). The number of nitrogens with two attached hydrogens (primary N) is 1. The number of benzene rings is 2. The summed E-state index contributed by atoms with van der Waals surface area (Å²) in [5, 5.41) is 19.0. The number of aromatic nitrogens is 6. The van der Waals surface area contributed by atoms with Gasteiger partial charge in [0.05, 0.1) is 23.3 Å². The zero-order valence-electron chi connectivity index (χ0n) is 18.7. The number of para-hydroxylation sites is 1. The number of aliphatic hydroxyl groups is 1. The van der Waals surface area contributed by atoms with Crippen LogP contribution in [0.2, 0.25) is 10.0 Å². The number of aliphatic hydroxyl groups excluding tert-OH is 1. The zero-order valence-corrected chi connectivity index (χ0v) is 20.2. The van der Waals surface area contributed by atoms with Crippen LogP contribution in [0, 0.1) is 0 Å². The molecule has 190 valence electrons. The van der Waals surface area contributed by atoms with Gasteiger partial charge in [0.2, 0.25) is 0 Å². The van der Waals surface area contributed by atoms with E-state index in [-0.39, 0.29) is 18.2 Å². The van der Waals surface area contributed by atoms with Gasteiger partial charge >= 0.3 is 11.9 Å². The third kappa shape index (κ3) is 5.31. The van der Waals surface area contributed by atoms with E-state index in [4.69, 9.17) is 28.9 Å². The first kappa shape index (κ1) is 25.9. The lowest BCUT2D eigenvalue weighted by Gasteiger charge is -2.15. The van der Waals surface area contributed by atoms with Crippen molar-refractivity contribution in [3.63, 3.8) is 0 Å². The minimum Gasteiger partial charge on any atom is -0.382 e. The van der Waals surface area contributed by atoms with Gasteiger partial charge in [-0.3, -0.25) is 4.57 Å². The zero-order chi connectivity index (χ0) is 26.2. The van der Waals surface area contributed by atoms with Crippen molar-refractivity contribution in [3.05, 3.63) is 80.7 Å². The van der Waals surface area contributed by atoms with Gasteiger partial charge in [-0.15, -0.1) is 10.2 Å². The van der Waals surface area contributed by atoms with Crippen LogP contribution in [-0.2, 0) is 13.1 Å². The summed E-state index contributed by atoms with van der Waals surface area (Å²) in [5.41, 5.74) is 6.00. The molecule has 2 aromatic heterocycles. The van der Waals surface area contributed by atoms with Gasteiger partial charge in [-0.25, -0.2) is 19.1 Å². The molecule has 0 aliphatic heterocycles. The molecule has 0 bridgehead atoms. The van der Waals surface area contributed by atoms with E-state index in [0.717, 1.165) is 9.25 Å². The Morgan fingerprint density at radius 3 is 2.36 bits per heavy atom. The van der Waals surface area contributed by atoms with E-state index in [1.807, 2.05) is 0 Å². The van der Waals surface area contributed by atoms with Crippen molar-refractivity contribution >= 4 is 23.2 Å². The van der Waals surface area contributed by atoms with E-state index in [0.29, 0.717) is 27.1 Å². The van der Waals surface area contributed by atoms with E-state index in [1.54, 1.807) is 31.2 Å². The first-order valence-corrected chi connectivity index (χ1v) is 11.4. The summed E-state index contributed by atoms with van der Waals surface area (Å²) in [6.45, 7) is 0.373. The monoisotopic (exact) mass is 541 g/mol. The highest BCUT2D eigenvalue weighted by Crippen LogP contribution is 2.25. The minimum atomic E-state index is -4.93. The number of hydrogen-bond donors (Lipinski definition) is 2. The maximum Gasteiger partial charge on any atom is 0.416 e. The average molecular weight is 542 g/mol. The van der Waals surface area contributed by atoms with Crippen molar-refractivity contribution in [2.75, 3.05) is 0 Å². The molecule has 1 unspecified atom stereocenters. The van der Waals surface area contributed by atoms with E-state index < -0.39 is 30.6 Å². The highest BCUT2D eigenvalue weighted by molar-refractivity contribution is 6.32. The Balaban J connectivity index is 1.78. The largest absolute Gasteiger partial charge is 0.416 e. The molecule has 0 fully saturated rings. The fourth-order valence-electron chi connectivity index (χ4n) is 3.46. The second-order valence-electron chi connectivity index (χ2n) is 7.98. The van der Waals surface area contributed by atoms with Crippen molar-refractivity contribution in [1.29, 1.82) is 0 Å². The van der Waals surface area contributed by atoms with Crippen LogP contribution in [0.4, 0.5) is 13.2 Å². The Morgan fingerprint density at radius 2 is 1.75 bits per heavy atom. The molecule has 0 aliphatic rings. The normalized spacial score (nSPS) is 13.7. The third-order valence-corrected chi connectivity index (χ3v) is 5.79. The van der Waals surface area contributed by atoms with E-state index >= 15 is 0 Å². The fourth-order valence-corrected chi connectivity index (χ4v) is 3.80. The molecule has 0 amide bonds. The van der Waals surface area contributed by atoms with Crippen LogP contribution in [0.3, 0.4) is 0 Å². The van der Waals surface area contributed by atoms with Crippen LogP contribution >= 0.6 is 23.2 Å². The molecule has 2 heterocycles. The van der Waals surface area contributed by atoms with Crippen molar-refractivity contribution in [3.8, 4) is 17.1 Å². The Bertz CT molecular complexity index is 1430. The molecule has 36 heavy (non-hydrogen) atoms. The maximum absolute atomic E-state index is 13.1. The molecule has 2 aromatic carbocycles. The lowest BCUT2D eigenvalue weighted by atomic mass is 10.2. The van der Waals surface area contributed by atoms with Gasteiger partial charge in [0.15, 0.2) is 17.8 Å². The van der Waals surface area contributed by atoms with Crippen LogP contribution in [0.15, 0.2) is 53.3 Å². The molecular formula is C22H20Cl2F3N7O2. The van der Waals surface area contributed by atoms with Gasteiger partial charge in [-0.05, 0) is 43.3 Å². The fraction of sp³-hybridized carbons (Fsp3) is 0.273. The van der Waals surface area contributed by atoms with Crippen molar-refractivity contribution in [2.45, 2.75) is 38.3 Å². The number of halogens is 5. The molecule has 0 saturated carbocycles. The van der Waals surface area contributed by atoms with Crippen LogP contribution in [0.1, 0.15) is 24.6 Å². The molecule has 0 radical (unpaired) electrons. The Kier molecular flexibility index (Phi) is 7.23. The second kappa shape index (κ2) is 10.1.